The number of aromatic amines is 1. The second-order valence-electron chi connectivity index (χ2n) is 6.25. The molecule has 2 aromatic carbocycles. The van der Waals surface area contributed by atoms with Gasteiger partial charge in [-0.15, -0.1) is 0 Å². The van der Waals surface area contributed by atoms with Gasteiger partial charge in [0, 0.05) is 24.2 Å². The quantitative estimate of drug-likeness (QED) is 0.681. The van der Waals surface area contributed by atoms with Gasteiger partial charge in [-0.3, -0.25) is 24.4 Å². The van der Waals surface area contributed by atoms with Crippen LogP contribution < -0.4 is 10.1 Å². The van der Waals surface area contributed by atoms with E-state index in [1.807, 2.05) is 24.3 Å². The van der Waals surface area contributed by atoms with E-state index in [0.29, 0.717) is 22.8 Å². The van der Waals surface area contributed by atoms with Gasteiger partial charge in [0.25, 0.3) is 17.7 Å². The van der Waals surface area contributed by atoms with Crippen molar-refractivity contribution in [3.8, 4) is 17.0 Å². The van der Waals surface area contributed by atoms with Crippen LogP contribution in [0.2, 0.25) is 0 Å². The number of carbonyl (C=O) groups excluding carboxylic acids is 3. The number of methoxy groups -OCH3 is 1. The molecule has 2 N–H and O–H groups in total. The van der Waals surface area contributed by atoms with E-state index >= 15 is 0 Å². The molecule has 0 spiro atoms. The Balaban J connectivity index is 1.57. The molecule has 2 heterocycles. The molecule has 0 bridgehead atoms. The highest BCUT2D eigenvalue weighted by Crippen LogP contribution is 2.29. The van der Waals surface area contributed by atoms with Crippen molar-refractivity contribution in [3.05, 3.63) is 65.2 Å². The van der Waals surface area contributed by atoms with Crippen LogP contribution in [0, 0.1) is 0 Å². The van der Waals surface area contributed by atoms with Gasteiger partial charge in [0.05, 0.1) is 23.9 Å². The Morgan fingerprint density at radius 2 is 1.79 bits per heavy atom. The van der Waals surface area contributed by atoms with E-state index in [1.165, 1.54) is 25.2 Å². The number of hydrogen-bond donors (Lipinski definition) is 2. The fourth-order valence-corrected chi connectivity index (χ4v) is 3.08. The van der Waals surface area contributed by atoms with E-state index in [1.54, 1.807) is 13.2 Å². The van der Waals surface area contributed by atoms with Crippen molar-refractivity contribution < 1.29 is 19.1 Å². The summed E-state index contributed by atoms with van der Waals surface area (Å²) in [5.41, 5.74) is 2.27. The van der Waals surface area contributed by atoms with E-state index < -0.39 is 11.8 Å². The summed E-state index contributed by atoms with van der Waals surface area (Å²) >= 11 is 0. The van der Waals surface area contributed by atoms with Crippen LogP contribution >= 0.6 is 0 Å². The molecule has 1 aromatic heterocycles. The van der Waals surface area contributed by atoms with Gasteiger partial charge in [-0.2, -0.15) is 5.10 Å². The van der Waals surface area contributed by atoms with Crippen molar-refractivity contribution in [2.75, 3.05) is 19.5 Å². The van der Waals surface area contributed by atoms with Crippen LogP contribution in [-0.4, -0.2) is 47.0 Å². The molecule has 0 saturated heterocycles. The van der Waals surface area contributed by atoms with Crippen LogP contribution in [0.5, 0.6) is 5.75 Å². The van der Waals surface area contributed by atoms with Crippen LogP contribution in [0.4, 0.5) is 5.82 Å². The van der Waals surface area contributed by atoms with Crippen molar-refractivity contribution in [2.24, 2.45) is 0 Å². The number of fused-ring (bicyclic) bond motifs is 1. The SMILES string of the molecule is COc1ccccc1-c1cc(NC(=O)c2ccc3c(c2)C(=O)N(C)C3=O)n[nH]1. The number of benzene rings is 2. The number of ether oxygens (including phenoxy) is 1. The zero-order chi connectivity index (χ0) is 19.8. The summed E-state index contributed by atoms with van der Waals surface area (Å²) in [6.07, 6.45) is 0. The molecule has 0 aliphatic carbocycles. The van der Waals surface area contributed by atoms with Crippen LogP contribution in [0.1, 0.15) is 31.1 Å². The molecule has 0 radical (unpaired) electrons. The molecule has 140 valence electrons. The summed E-state index contributed by atoms with van der Waals surface area (Å²) in [6.45, 7) is 0. The fourth-order valence-electron chi connectivity index (χ4n) is 3.08. The molecule has 1 aliphatic rings. The minimum atomic E-state index is -0.435. The van der Waals surface area contributed by atoms with Gasteiger partial charge in [0.15, 0.2) is 5.82 Å². The number of aromatic nitrogens is 2. The smallest absolute Gasteiger partial charge is 0.261 e. The zero-order valence-electron chi connectivity index (χ0n) is 15.1. The Morgan fingerprint density at radius 3 is 2.57 bits per heavy atom. The third-order valence-electron chi connectivity index (χ3n) is 4.57. The van der Waals surface area contributed by atoms with Crippen molar-refractivity contribution >= 4 is 23.5 Å². The molecule has 0 saturated carbocycles. The second kappa shape index (κ2) is 6.66. The molecule has 3 aromatic rings. The van der Waals surface area contributed by atoms with Crippen molar-refractivity contribution in [2.45, 2.75) is 0 Å². The van der Waals surface area contributed by atoms with Gasteiger partial charge in [-0.25, -0.2) is 0 Å². The molecule has 0 unspecified atom stereocenters. The first kappa shape index (κ1) is 17.5. The molecule has 8 nitrogen and oxygen atoms in total. The molecule has 1 aliphatic heterocycles. The highest BCUT2D eigenvalue weighted by atomic mass is 16.5. The Kier molecular flexibility index (Phi) is 4.15. The van der Waals surface area contributed by atoms with Gasteiger partial charge in [0.2, 0.25) is 0 Å². The third kappa shape index (κ3) is 2.81. The predicted molar refractivity (Wildman–Crippen MR) is 101 cm³/mol. The topological polar surface area (TPSA) is 104 Å². The standard InChI is InChI=1S/C20H16N4O4/c1-24-19(26)12-8-7-11(9-14(12)20(24)27)18(25)21-17-10-15(22-23-17)13-5-3-4-6-16(13)28-2/h3-10H,1-2H3,(H2,21,22,23,25). The summed E-state index contributed by atoms with van der Waals surface area (Å²) in [6, 6.07) is 13.5. The monoisotopic (exact) mass is 376 g/mol. The number of imide groups is 1. The number of nitrogens with zero attached hydrogens (tertiary/aromatic N) is 2. The number of nitrogens with one attached hydrogen (secondary N) is 2. The molecule has 28 heavy (non-hydrogen) atoms. The Labute approximate surface area is 160 Å². The van der Waals surface area contributed by atoms with Gasteiger partial charge in [-0.05, 0) is 30.3 Å². The lowest BCUT2D eigenvalue weighted by molar-refractivity contribution is 0.0693. The maximum Gasteiger partial charge on any atom is 0.261 e. The zero-order valence-corrected chi connectivity index (χ0v) is 15.1. The molecule has 0 atom stereocenters. The van der Waals surface area contributed by atoms with E-state index in [4.69, 9.17) is 4.74 Å². The van der Waals surface area contributed by atoms with Crippen LogP contribution in [0.3, 0.4) is 0 Å². The number of anilines is 1. The van der Waals surface area contributed by atoms with Crippen molar-refractivity contribution in [3.63, 3.8) is 0 Å². The minimum absolute atomic E-state index is 0.219. The van der Waals surface area contributed by atoms with Gasteiger partial charge < -0.3 is 10.1 Å². The largest absolute Gasteiger partial charge is 0.496 e. The third-order valence-corrected chi connectivity index (χ3v) is 4.57. The van der Waals surface area contributed by atoms with Crippen LogP contribution in [0.25, 0.3) is 11.3 Å². The van der Waals surface area contributed by atoms with Crippen molar-refractivity contribution in [1.82, 2.24) is 15.1 Å². The Bertz CT molecular complexity index is 1120. The normalized spacial score (nSPS) is 12.9. The molecule has 4 rings (SSSR count). The molecular weight excluding hydrogens is 360 g/mol. The first-order valence-electron chi connectivity index (χ1n) is 8.46. The number of rotatable bonds is 4. The number of carbonyl (C=O) groups is 3. The van der Waals surface area contributed by atoms with Gasteiger partial charge >= 0.3 is 0 Å². The lowest BCUT2D eigenvalue weighted by Crippen LogP contribution is -2.24. The minimum Gasteiger partial charge on any atom is -0.496 e. The maximum absolute atomic E-state index is 12.6. The number of H-pyrrole nitrogens is 1. The summed E-state index contributed by atoms with van der Waals surface area (Å²) in [5, 5.41) is 9.65. The van der Waals surface area contributed by atoms with E-state index in [0.717, 1.165) is 10.5 Å². The lowest BCUT2D eigenvalue weighted by Gasteiger charge is -2.05. The highest BCUT2D eigenvalue weighted by molar-refractivity contribution is 6.22. The average molecular weight is 376 g/mol. The summed E-state index contributed by atoms with van der Waals surface area (Å²) in [4.78, 5) is 37.6. The summed E-state index contributed by atoms with van der Waals surface area (Å²) in [7, 11) is 2.99. The molecule has 3 amide bonds. The van der Waals surface area contributed by atoms with Gasteiger partial charge in [0.1, 0.15) is 5.75 Å². The van der Waals surface area contributed by atoms with Crippen molar-refractivity contribution in [1.29, 1.82) is 0 Å². The van der Waals surface area contributed by atoms with E-state index in [-0.39, 0.29) is 17.0 Å². The number of amides is 3. The number of para-hydroxylation sites is 1. The van der Waals surface area contributed by atoms with E-state index in [2.05, 4.69) is 15.5 Å². The molecular formula is C20H16N4O4. The summed E-state index contributed by atoms with van der Waals surface area (Å²) < 4.78 is 5.33. The van der Waals surface area contributed by atoms with Crippen LogP contribution in [-0.2, 0) is 0 Å². The summed E-state index contributed by atoms with van der Waals surface area (Å²) in [5.74, 6) is -0.231. The molecule has 0 fully saturated rings. The molecule has 8 heteroatoms. The van der Waals surface area contributed by atoms with Gasteiger partial charge in [-0.1, -0.05) is 12.1 Å². The fraction of sp³-hybridized carbons (Fsp3) is 0.100. The second-order valence-corrected chi connectivity index (χ2v) is 6.25. The average Bonchev–Trinajstić information content (AvgIpc) is 3.27. The highest BCUT2D eigenvalue weighted by Gasteiger charge is 2.33. The maximum atomic E-state index is 12.6. The lowest BCUT2D eigenvalue weighted by atomic mass is 10.1. The van der Waals surface area contributed by atoms with E-state index in [9.17, 15) is 14.4 Å². The first-order chi connectivity index (χ1) is 13.5. The first-order valence-corrected chi connectivity index (χ1v) is 8.46. The Hall–Kier alpha value is -3.94. The number of hydrogen-bond acceptors (Lipinski definition) is 5. The van der Waals surface area contributed by atoms with Crippen LogP contribution in [0.15, 0.2) is 48.5 Å². The predicted octanol–water partition coefficient (Wildman–Crippen LogP) is 2.56. The Morgan fingerprint density at radius 1 is 1.04 bits per heavy atom.